The largest absolute Gasteiger partial charge is 0.461 e. The minimum atomic E-state index is -0.448. The summed E-state index contributed by atoms with van der Waals surface area (Å²) in [7, 11) is 1.87. The van der Waals surface area contributed by atoms with Gasteiger partial charge in [-0.1, -0.05) is 11.3 Å². The summed E-state index contributed by atoms with van der Waals surface area (Å²) in [4.78, 5) is 11.4. The molecule has 0 bridgehead atoms. The van der Waals surface area contributed by atoms with Gasteiger partial charge < -0.3 is 9.30 Å². The third-order valence-electron chi connectivity index (χ3n) is 2.09. The molecule has 0 saturated heterocycles. The van der Waals surface area contributed by atoms with E-state index in [0.29, 0.717) is 16.1 Å². The monoisotopic (exact) mass is 285 g/mol. The second-order valence-corrected chi connectivity index (χ2v) is 5.48. The topological polar surface area (TPSA) is 82.8 Å². The number of aromatic nitrogens is 5. The Morgan fingerprint density at radius 3 is 2.78 bits per heavy atom. The zero-order valence-corrected chi connectivity index (χ0v) is 11.7. The summed E-state index contributed by atoms with van der Waals surface area (Å²) < 4.78 is 7.32. The highest BCUT2D eigenvalue weighted by atomic mass is 32.2. The van der Waals surface area contributed by atoms with Gasteiger partial charge >= 0.3 is 5.97 Å². The molecule has 0 saturated carbocycles. The molecule has 0 radical (unpaired) electrons. The number of carbonyl (C=O) groups excluding carboxylic acids is 1. The molecule has 0 aliphatic carbocycles. The summed E-state index contributed by atoms with van der Waals surface area (Å²) in [6.07, 6.45) is 0. The summed E-state index contributed by atoms with van der Waals surface area (Å²) in [5.74, 6) is 0.364. The van der Waals surface area contributed by atoms with Gasteiger partial charge in [0.15, 0.2) is 9.50 Å². The Kier molecular flexibility index (Phi) is 3.92. The van der Waals surface area contributed by atoms with E-state index < -0.39 is 5.97 Å². The third kappa shape index (κ3) is 2.67. The molecule has 0 N–H and O–H groups in total. The SMILES string of the molecule is CCOC(=O)c1nnc(Sc2nnc(C)n2C)s1. The molecular weight excluding hydrogens is 274 g/mol. The van der Waals surface area contributed by atoms with Gasteiger partial charge in [-0.15, -0.1) is 20.4 Å². The maximum absolute atomic E-state index is 11.4. The second-order valence-electron chi connectivity index (χ2n) is 3.28. The average molecular weight is 285 g/mol. The van der Waals surface area contributed by atoms with E-state index in [-0.39, 0.29) is 5.01 Å². The van der Waals surface area contributed by atoms with E-state index in [0.717, 1.165) is 5.82 Å². The lowest BCUT2D eigenvalue weighted by Gasteiger charge is -1.96. The Hall–Kier alpha value is -1.48. The molecular formula is C9H11N5O2S2. The van der Waals surface area contributed by atoms with Gasteiger partial charge in [0.1, 0.15) is 5.82 Å². The van der Waals surface area contributed by atoms with Crippen molar-refractivity contribution in [3.05, 3.63) is 10.8 Å². The second kappa shape index (κ2) is 5.44. The van der Waals surface area contributed by atoms with E-state index in [1.807, 2.05) is 18.5 Å². The van der Waals surface area contributed by atoms with Crippen LogP contribution < -0.4 is 0 Å². The van der Waals surface area contributed by atoms with Crippen molar-refractivity contribution in [2.75, 3.05) is 6.61 Å². The van der Waals surface area contributed by atoms with Gasteiger partial charge in [0, 0.05) is 7.05 Å². The van der Waals surface area contributed by atoms with E-state index in [9.17, 15) is 4.79 Å². The molecule has 2 heterocycles. The van der Waals surface area contributed by atoms with Crippen LogP contribution in [0.1, 0.15) is 22.6 Å². The molecule has 0 atom stereocenters. The Bertz CT molecular complexity index is 565. The predicted octanol–water partition coefficient (Wildman–Crippen LogP) is 1.30. The number of hydrogen-bond acceptors (Lipinski definition) is 8. The van der Waals surface area contributed by atoms with Crippen LogP contribution in [0.25, 0.3) is 0 Å². The van der Waals surface area contributed by atoms with Crippen molar-refractivity contribution in [1.29, 1.82) is 0 Å². The summed E-state index contributed by atoms with van der Waals surface area (Å²) in [6.45, 7) is 3.93. The number of hydrogen-bond donors (Lipinski definition) is 0. The number of carbonyl (C=O) groups is 1. The number of rotatable bonds is 4. The number of ether oxygens (including phenoxy) is 1. The number of aryl methyl sites for hydroxylation is 1. The van der Waals surface area contributed by atoms with Crippen molar-refractivity contribution in [3.63, 3.8) is 0 Å². The van der Waals surface area contributed by atoms with Gasteiger partial charge in [-0.3, -0.25) is 0 Å². The van der Waals surface area contributed by atoms with E-state index in [2.05, 4.69) is 20.4 Å². The lowest BCUT2D eigenvalue weighted by molar-refractivity contribution is 0.0525. The normalized spacial score (nSPS) is 10.6. The molecule has 0 amide bonds. The van der Waals surface area contributed by atoms with Gasteiger partial charge in [-0.05, 0) is 25.6 Å². The van der Waals surface area contributed by atoms with Crippen LogP contribution in [0.2, 0.25) is 0 Å². The molecule has 0 spiro atoms. The fourth-order valence-corrected chi connectivity index (χ4v) is 2.77. The Labute approximate surface area is 112 Å². The van der Waals surface area contributed by atoms with Crippen LogP contribution in [-0.4, -0.2) is 37.5 Å². The minimum Gasteiger partial charge on any atom is -0.461 e. The smallest absolute Gasteiger partial charge is 0.369 e. The van der Waals surface area contributed by atoms with Gasteiger partial charge in [-0.25, -0.2) is 4.79 Å². The van der Waals surface area contributed by atoms with Gasteiger partial charge in [-0.2, -0.15) is 0 Å². The quantitative estimate of drug-likeness (QED) is 0.783. The summed E-state index contributed by atoms with van der Waals surface area (Å²) >= 11 is 2.50. The first-order valence-corrected chi connectivity index (χ1v) is 6.79. The molecule has 0 aliphatic heterocycles. The molecule has 0 unspecified atom stereocenters. The standard InChI is InChI=1S/C9H11N5O2S2/c1-4-16-7(15)6-11-13-9(17-6)18-8-12-10-5(2)14(8)3/h4H2,1-3H3. The molecule has 0 aromatic carbocycles. The van der Waals surface area contributed by atoms with Crippen LogP contribution >= 0.6 is 23.1 Å². The van der Waals surface area contributed by atoms with Crippen LogP contribution in [0.5, 0.6) is 0 Å². The molecule has 2 aromatic heterocycles. The first-order chi connectivity index (χ1) is 8.61. The van der Waals surface area contributed by atoms with Crippen LogP contribution in [-0.2, 0) is 11.8 Å². The van der Waals surface area contributed by atoms with Crippen LogP contribution in [0, 0.1) is 6.92 Å². The van der Waals surface area contributed by atoms with E-state index in [4.69, 9.17) is 4.74 Å². The van der Waals surface area contributed by atoms with Gasteiger partial charge in [0.05, 0.1) is 6.61 Å². The molecule has 0 aliphatic rings. The van der Waals surface area contributed by atoms with Gasteiger partial charge in [0.25, 0.3) is 0 Å². The molecule has 2 rings (SSSR count). The summed E-state index contributed by atoms with van der Waals surface area (Å²) in [6, 6.07) is 0. The molecule has 9 heteroatoms. The van der Waals surface area contributed by atoms with E-state index in [1.54, 1.807) is 6.92 Å². The zero-order valence-electron chi connectivity index (χ0n) is 10.1. The van der Waals surface area contributed by atoms with E-state index in [1.165, 1.54) is 23.1 Å². The van der Waals surface area contributed by atoms with Crippen LogP contribution in [0.15, 0.2) is 9.50 Å². The minimum absolute atomic E-state index is 0.248. The predicted molar refractivity (Wildman–Crippen MR) is 65.7 cm³/mol. The number of esters is 1. The molecule has 0 fully saturated rings. The molecule has 2 aromatic rings. The first-order valence-electron chi connectivity index (χ1n) is 5.16. The van der Waals surface area contributed by atoms with E-state index >= 15 is 0 Å². The molecule has 96 valence electrons. The van der Waals surface area contributed by atoms with Gasteiger partial charge in [0.2, 0.25) is 5.01 Å². The third-order valence-corrected chi connectivity index (χ3v) is 4.08. The Morgan fingerprint density at radius 2 is 2.17 bits per heavy atom. The van der Waals surface area contributed by atoms with Crippen LogP contribution in [0.4, 0.5) is 0 Å². The van der Waals surface area contributed by atoms with Crippen molar-refractivity contribution in [3.8, 4) is 0 Å². The lowest BCUT2D eigenvalue weighted by atomic mass is 10.7. The number of nitrogens with zero attached hydrogens (tertiary/aromatic N) is 5. The highest BCUT2D eigenvalue weighted by Crippen LogP contribution is 2.28. The maximum Gasteiger partial charge on any atom is 0.369 e. The average Bonchev–Trinajstić information content (AvgIpc) is 2.92. The Balaban J connectivity index is 2.11. The fraction of sp³-hybridized carbons (Fsp3) is 0.444. The zero-order chi connectivity index (χ0) is 13.1. The summed E-state index contributed by atoms with van der Waals surface area (Å²) in [5, 5.41) is 16.6. The van der Waals surface area contributed by atoms with Crippen LogP contribution in [0.3, 0.4) is 0 Å². The fourth-order valence-electron chi connectivity index (χ4n) is 1.08. The van der Waals surface area contributed by atoms with Crippen molar-refractivity contribution in [1.82, 2.24) is 25.0 Å². The molecule has 18 heavy (non-hydrogen) atoms. The Morgan fingerprint density at radius 1 is 1.39 bits per heavy atom. The van der Waals surface area contributed by atoms with Crippen molar-refractivity contribution >= 4 is 29.1 Å². The molecule has 7 nitrogen and oxygen atoms in total. The highest BCUT2D eigenvalue weighted by molar-refractivity contribution is 8.00. The first kappa shape index (κ1) is 13.0. The van der Waals surface area contributed by atoms with Crippen molar-refractivity contribution < 1.29 is 9.53 Å². The lowest BCUT2D eigenvalue weighted by Crippen LogP contribution is -2.03. The summed E-state index contributed by atoms with van der Waals surface area (Å²) in [5.41, 5.74) is 0. The van der Waals surface area contributed by atoms with Crippen molar-refractivity contribution in [2.45, 2.75) is 23.3 Å². The maximum atomic E-state index is 11.4. The van der Waals surface area contributed by atoms with Crippen molar-refractivity contribution in [2.24, 2.45) is 7.05 Å². The highest BCUT2D eigenvalue weighted by Gasteiger charge is 2.16.